The molecule has 1 N–H and O–H groups in total. The number of rotatable bonds is 6. The summed E-state index contributed by atoms with van der Waals surface area (Å²) in [5.41, 5.74) is 2.15. The molecule has 3 aromatic heterocycles. The third kappa shape index (κ3) is 3.46. The number of nitrogens with zero attached hydrogens (tertiary/aromatic N) is 5. The second-order valence-corrected chi connectivity index (χ2v) is 7.38. The van der Waals surface area contributed by atoms with Gasteiger partial charge >= 0.3 is 0 Å². The molecule has 0 aliphatic heterocycles. The summed E-state index contributed by atoms with van der Waals surface area (Å²) in [6.07, 6.45) is 4.94. The van der Waals surface area contributed by atoms with Gasteiger partial charge < -0.3 is 4.52 Å². The molecule has 0 aliphatic rings. The minimum atomic E-state index is -3.61. The highest BCUT2D eigenvalue weighted by Gasteiger charge is 2.18. The number of hydrogen-bond acceptors (Lipinski definition) is 7. The van der Waals surface area contributed by atoms with Crippen molar-refractivity contribution in [3.05, 3.63) is 66.4 Å². The van der Waals surface area contributed by atoms with Crippen LogP contribution in [0.1, 0.15) is 11.4 Å². The van der Waals surface area contributed by atoms with E-state index in [0.717, 1.165) is 5.69 Å². The molecule has 4 rings (SSSR count). The molecule has 0 saturated heterocycles. The van der Waals surface area contributed by atoms with E-state index in [4.69, 9.17) is 4.52 Å². The number of pyridine rings is 1. The Hall–Kier alpha value is -3.11. The molecule has 0 spiro atoms. The van der Waals surface area contributed by atoms with Crippen LogP contribution < -0.4 is 4.72 Å². The lowest BCUT2D eigenvalue weighted by Gasteiger charge is -2.03. The van der Waals surface area contributed by atoms with Gasteiger partial charge in [0.25, 0.3) is 0 Å². The van der Waals surface area contributed by atoms with E-state index in [0.29, 0.717) is 22.4 Å². The smallest absolute Gasteiger partial charge is 0.217 e. The van der Waals surface area contributed by atoms with Crippen molar-refractivity contribution >= 4 is 21.0 Å². The highest BCUT2D eigenvalue weighted by atomic mass is 32.2. The van der Waals surface area contributed by atoms with Crippen molar-refractivity contribution < 1.29 is 12.9 Å². The van der Waals surface area contributed by atoms with Crippen LogP contribution in [0.3, 0.4) is 0 Å². The number of benzene rings is 1. The Bertz CT molecular complexity index is 1140. The molecule has 132 valence electrons. The first kappa shape index (κ1) is 16.4. The quantitative estimate of drug-likeness (QED) is 0.546. The van der Waals surface area contributed by atoms with Crippen LogP contribution in [0.2, 0.25) is 0 Å². The minimum Gasteiger partial charge on any atom is -0.356 e. The predicted octanol–water partition coefficient (Wildman–Crippen LogP) is 1.42. The molecule has 1 aromatic carbocycles. The molecule has 0 fully saturated rings. The minimum absolute atomic E-state index is 0.0262. The van der Waals surface area contributed by atoms with Crippen molar-refractivity contribution in [3.63, 3.8) is 0 Å². The lowest BCUT2D eigenvalue weighted by molar-refractivity contribution is 0.448. The van der Waals surface area contributed by atoms with E-state index in [9.17, 15) is 8.42 Å². The summed E-state index contributed by atoms with van der Waals surface area (Å²) >= 11 is 0. The lowest BCUT2D eigenvalue weighted by Crippen LogP contribution is -2.25. The van der Waals surface area contributed by atoms with Crippen LogP contribution >= 0.6 is 0 Å². The number of hydrogen-bond donors (Lipinski definition) is 1. The monoisotopic (exact) mass is 370 g/mol. The largest absolute Gasteiger partial charge is 0.356 e. The van der Waals surface area contributed by atoms with E-state index >= 15 is 0 Å². The molecule has 0 radical (unpaired) electrons. The molecule has 0 amide bonds. The molecule has 9 nitrogen and oxygen atoms in total. The summed E-state index contributed by atoms with van der Waals surface area (Å²) in [5, 5.41) is 12.5. The van der Waals surface area contributed by atoms with Crippen LogP contribution in [0.5, 0.6) is 0 Å². The van der Waals surface area contributed by atoms with Crippen molar-refractivity contribution in [1.29, 1.82) is 0 Å². The Kier molecular flexibility index (Phi) is 4.19. The highest BCUT2D eigenvalue weighted by molar-refractivity contribution is 7.88. The third-order valence-corrected chi connectivity index (χ3v) is 4.94. The number of nitrogens with one attached hydrogen (secondary N) is 1. The Morgan fingerprint density at radius 2 is 2.04 bits per heavy atom. The molecule has 0 atom stereocenters. The lowest BCUT2D eigenvalue weighted by atomic mass is 10.2. The average molecular weight is 370 g/mol. The molecular weight excluding hydrogens is 356 g/mol. The van der Waals surface area contributed by atoms with E-state index in [2.05, 4.69) is 25.2 Å². The normalized spacial score (nSPS) is 11.8. The van der Waals surface area contributed by atoms with E-state index in [1.807, 2.05) is 6.07 Å². The fraction of sp³-hybridized carbons (Fsp3) is 0.125. The van der Waals surface area contributed by atoms with Crippen molar-refractivity contribution in [2.24, 2.45) is 0 Å². The fourth-order valence-electron chi connectivity index (χ4n) is 2.45. The number of para-hydroxylation sites is 1. The summed E-state index contributed by atoms with van der Waals surface area (Å²) in [7, 11) is -3.61. The van der Waals surface area contributed by atoms with Gasteiger partial charge in [-0.15, -0.1) is 5.10 Å². The summed E-state index contributed by atoms with van der Waals surface area (Å²) in [5.74, 6) is -0.277. The van der Waals surface area contributed by atoms with E-state index < -0.39 is 10.0 Å². The zero-order valence-electron chi connectivity index (χ0n) is 13.5. The second kappa shape index (κ2) is 6.65. The maximum atomic E-state index is 12.3. The summed E-state index contributed by atoms with van der Waals surface area (Å²) in [6, 6.07) is 10.7. The highest BCUT2D eigenvalue weighted by Crippen LogP contribution is 2.19. The number of aromatic nitrogens is 5. The molecule has 0 saturated carbocycles. The molecule has 0 bridgehead atoms. The van der Waals surface area contributed by atoms with Crippen molar-refractivity contribution in [1.82, 2.24) is 29.9 Å². The van der Waals surface area contributed by atoms with Crippen LogP contribution in [0, 0.1) is 0 Å². The molecule has 10 heteroatoms. The Morgan fingerprint density at radius 3 is 2.88 bits per heavy atom. The van der Waals surface area contributed by atoms with Crippen LogP contribution in [-0.4, -0.2) is 33.6 Å². The number of sulfonamides is 1. The number of fused-ring (bicyclic) bond motifs is 1. The molecule has 0 unspecified atom stereocenters. The van der Waals surface area contributed by atoms with Crippen LogP contribution in [-0.2, 0) is 22.3 Å². The fourth-order valence-corrected chi connectivity index (χ4v) is 3.49. The summed E-state index contributed by atoms with van der Waals surface area (Å²) < 4.78 is 33.8. The predicted molar refractivity (Wildman–Crippen MR) is 92.6 cm³/mol. The Balaban J connectivity index is 1.45. The SMILES string of the molecule is O=S(=O)(Cc1noc2ccccc12)NCc1cn(-c2cccnc2)nn1. The van der Waals surface area contributed by atoms with Crippen molar-refractivity contribution in [2.45, 2.75) is 12.3 Å². The molecule has 26 heavy (non-hydrogen) atoms. The van der Waals surface area contributed by atoms with E-state index in [-0.39, 0.29) is 12.3 Å². The summed E-state index contributed by atoms with van der Waals surface area (Å²) in [4.78, 5) is 4.01. The zero-order chi connectivity index (χ0) is 18.0. The van der Waals surface area contributed by atoms with Gasteiger partial charge in [0.2, 0.25) is 10.0 Å². The van der Waals surface area contributed by atoms with E-state index in [1.54, 1.807) is 48.9 Å². The molecule has 0 aliphatic carbocycles. The van der Waals surface area contributed by atoms with E-state index in [1.165, 1.54) is 4.68 Å². The standard InChI is InChI=1S/C16H14N6O3S/c23-26(24,11-15-14-5-1-2-6-16(14)25-20-15)18-8-12-10-22(21-19-12)13-4-3-7-17-9-13/h1-7,9-10,18H,8,11H2. The van der Waals surface area contributed by atoms with Gasteiger partial charge in [0.1, 0.15) is 11.4 Å². The first-order chi connectivity index (χ1) is 12.6. The first-order valence-electron chi connectivity index (χ1n) is 7.73. The molecule has 3 heterocycles. The van der Waals surface area contributed by atoms with Gasteiger partial charge in [-0.05, 0) is 24.3 Å². The van der Waals surface area contributed by atoms with Gasteiger partial charge in [0.05, 0.1) is 30.3 Å². The van der Waals surface area contributed by atoms with Crippen molar-refractivity contribution in [2.75, 3.05) is 0 Å². The van der Waals surface area contributed by atoms with Gasteiger partial charge in [0, 0.05) is 11.6 Å². The van der Waals surface area contributed by atoms with Crippen molar-refractivity contribution in [3.8, 4) is 5.69 Å². The Labute approximate surface area is 148 Å². The van der Waals surface area contributed by atoms with Crippen LogP contribution in [0.4, 0.5) is 0 Å². The molecule has 4 aromatic rings. The van der Waals surface area contributed by atoms with Gasteiger partial charge in [-0.2, -0.15) is 0 Å². The average Bonchev–Trinajstić information content (AvgIpc) is 3.28. The Morgan fingerprint density at radius 1 is 1.15 bits per heavy atom. The maximum absolute atomic E-state index is 12.3. The zero-order valence-corrected chi connectivity index (χ0v) is 14.3. The maximum Gasteiger partial charge on any atom is 0.217 e. The first-order valence-corrected chi connectivity index (χ1v) is 9.38. The second-order valence-electron chi connectivity index (χ2n) is 5.57. The topological polar surface area (TPSA) is 116 Å². The third-order valence-electron chi connectivity index (χ3n) is 3.70. The van der Waals surface area contributed by atoms with Gasteiger partial charge in [0.15, 0.2) is 5.58 Å². The van der Waals surface area contributed by atoms with Gasteiger partial charge in [-0.3, -0.25) is 4.98 Å². The molecular formula is C16H14N6O3S. The van der Waals surface area contributed by atoms with Crippen LogP contribution in [0.25, 0.3) is 16.7 Å². The van der Waals surface area contributed by atoms with Gasteiger partial charge in [-0.1, -0.05) is 22.5 Å². The van der Waals surface area contributed by atoms with Crippen LogP contribution in [0.15, 0.2) is 59.5 Å². The summed E-state index contributed by atoms with van der Waals surface area (Å²) in [6.45, 7) is 0.0262. The van der Waals surface area contributed by atoms with Gasteiger partial charge in [-0.25, -0.2) is 17.8 Å².